The molecule has 0 fully saturated rings. The molecule has 0 saturated carbocycles. The van der Waals surface area contributed by atoms with E-state index >= 15 is 0 Å². The molecular formula is C14H8Br2ClFO2. The normalized spacial score (nSPS) is 10.4. The fraction of sp³-hybridized carbons (Fsp3) is 0.0714. The van der Waals surface area contributed by atoms with Gasteiger partial charge in [0, 0.05) is 10.0 Å². The van der Waals surface area contributed by atoms with Gasteiger partial charge in [0.2, 0.25) is 0 Å². The molecule has 0 N–H and O–H groups in total. The van der Waals surface area contributed by atoms with Crippen LogP contribution in [-0.2, 0) is 6.61 Å². The van der Waals surface area contributed by atoms with E-state index in [1.807, 2.05) is 0 Å². The maximum absolute atomic E-state index is 13.6. The highest BCUT2D eigenvalue weighted by atomic mass is 79.9. The Morgan fingerprint density at radius 2 is 2.05 bits per heavy atom. The fourth-order valence-corrected chi connectivity index (χ4v) is 3.22. The summed E-state index contributed by atoms with van der Waals surface area (Å²) in [6, 6.07) is 7.78. The van der Waals surface area contributed by atoms with E-state index in [0.717, 1.165) is 4.47 Å². The van der Waals surface area contributed by atoms with Gasteiger partial charge < -0.3 is 4.74 Å². The Balaban J connectivity index is 2.30. The van der Waals surface area contributed by atoms with Gasteiger partial charge >= 0.3 is 0 Å². The number of ether oxygens (including phenoxy) is 1. The first-order valence-electron chi connectivity index (χ1n) is 5.53. The zero-order valence-corrected chi connectivity index (χ0v) is 13.9. The Kier molecular flexibility index (Phi) is 5.18. The average molecular weight is 422 g/mol. The second-order valence-corrected chi connectivity index (χ2v) is 6.09. The van der Waals surface area contributed by atoms with Crippen LogP contribution in [-0.4, -0.2) is 6.29 Å². The predicted octanol–water partition coefficient (Wildman–Crippen LogP) is 5.40. The van der Waals surface area contributed by atoms with Gasteiger partial charge in [-0.2, -0.15) is 0 Å². The molecule has 0 bridgehead atoms. The van der Waals surface area contributed by atoms with Gasteiger partial charge in [-0.25, -0.2) is 4.39 Å². The molecule has 0 atom stereocenters. The second-order valence-electron chi connectivity index (χ2n) is 3.91. The highest BCUT2D eigenvalue weighted by Crippen LogP contribution is 2.33. The molecule has 0 spiro atoms. The second kappa shape index (κ2) is 6.70. The molecule has 0 unspecified atom stereocenters. The van der Waals surface area contributed by atoms with E-state index in [-0.39, 0.29) is 17.2 Å². The molecule has 0 saturated heterocycles. The molecule has 0 aromatic heterocycles. The van der Waals surface area contributed by atoms with Gasteiger partial charge in [-0.15, -0.1) is 0 Å². The lowest BCUT2D eigenvalue weighted by Crippen LogP contribution is -2.02. The number of hydrogen-bond donors (Lipinski definition) is 0. The van der Waals surface area contributed by atoms with Crippen molar-refractivity contribution in [2.45, 2.75) is 6.61 Å². The van der Waals surface area contributed by atoms with Gasteiger partial charge in [0.15, 0.2) is 6.29 Å². The van der Waals surface area contributed by atoms with Crippen molar-refractivity contribution in [1.29, 1.82) is 0 Å². The van der Waals surface area contributed by atoms with E-state index in [2.05, 4.69) is 31.9 Å². The van der Waals surface area contributed by atoms with Crippen LogP contribution in [0.4, 0.5) is 4.39 Å². The van der Waals surface area contributed by atoms with E-state index in [1.54, 1.807) is 18.2 Å². The molecule has 2 aromatic carbocycles. The third-order valence-electron chi connectivity index (χ3n) is 2.59. The maximum atomic E-state index is 13.6. The summed E-state index contributed by atoms with van der Waals surface area (Å²) in [6.45, 7) is -0.0629. The molecule has 6 heteroatoms. The Hall–Kier alpha value is -0.910. The van der Waals surface area contributed by atoms with Crippen molar-refractivity contribution in [2.75, 3.05) is 0 Å². The summed E-state index contributed by atoms with van der Waals surface area (Å²) in [4.78, 5) is 11.1. The summed E-state index contributed by atoms with van der Waals surface area (Å²) in [7, 11) is 0. The van der Waals surface area contributed by atoms with Crippen molar-refractivity contribution in [2.24, 2.45) is 0 Å². The number of halogens is 4. The average Bonchev–Trinajstić information content (AvgIpc) is 2.39. The zero-order valence-electron chi connectivity index (χ0n) is 10.00. The van der Waals surface area contributed by atoms with Crippen LogP contribution in [0, 0.1) is 5.82 Å². The zero-order chi connectivity index (χ0) is 14.7. The maximum Gasteiger partial charge on any atom is 0.153 e. The topological polar surface area (TPSA) is 26.3 Å². The van der Waals surface area contributed by atoms with Crippen LogP contribution in [0.3, 0.4) is 0 Å². The highest BCUT2D eigenvalue weighted by molar-refractivity contribution is 9.11. The molecule has 104 valence electrons. The molecule has 0 heterocycles. The summed E-state index contributed by atoms with van der Waals surface area (Å²) in [6.07, 6.45) is 0.674. The molecule has 0 radical (unpaired) electrons. The number of hydrogen-bond acceptors (Lipinski definition) is 2. The number of carbonyl (C=O) groups excluding carboxylic acids is 1. The number of carbonyl (C=O) groups is 1. The molecule has 2 aromatic rings. The molecule has 0 aliphatic heterocycles. The van der Waals surface area contributed by atoms with Crippen molar-refractivity contribution in [3.63, 3.8) is 0 Å². The molecule has 0 aliphatic rings. The van der Waals surface area contributed by atoms with Gasteiger partial charge in [0.05, 0.1) is 15.1 Å². The van der Waals surface area contributed by atoms with Crippen LogP contribution >= 0.6 is 43.5 Å². The monoisotopic (exact) mass is 420 g/mol. The number of aldehydes is 1. The quantitative estimate of drug-likeness (QED) is 0.617. The van der Waals surface area contributed by atoms with Crippen LogP contribution in [0.1, 0.15) is 15.9 Å². The van der Waals surface area contributed by atoms with E-state index in [4.69, 9.17) is 16.3 Å². The summed E-state index contributed by atoms with van der Waals surface area (Å²) in [5, 5.41) is 0.283. The Bertz CT molecular complexity index is 642. The number of rotatable bonds is 4. The van der Waals surface area contributed by atoms with E-state index in [9.17, 15) is 9.18 Å². The van der Waals surface area contributed by atoms with E-state index < -0.39 is 5.82 Å². The van der Waals surface area contributed by atoms with Gasteiger partial charge in [0.25, 0.3) is 0 Å². The molecule has 0 amide bonds. The smallest absolute Gasteiger partial charge is 0.153 e. The minimum atomic E-state index is -0.446. The van der Waals surface area contributed by atoms with Gasteiger partial charge in [-0.3, -0.25) is 4.79 Å². The largest absolute Gasteiger partial charge is 0.487 e. The summed E-state index contributed by atoms with van der Waals surface area (Å²) < 4.78 is 20.5. The number of benzene rings is 2. The predicted molar refractivity (Wildman–Crippen MR) is 83.0 cm³/mol. The summed E-state index contributed by atoms with van der Waals surface area (Å²) in [5.74, 6) is -0.0964. The van der Waals surface area contributed by atoms with E-state index in [0.29, 0.717) is 22.1 Å². The molecule has 20 heavy (non-hydrogen) atoms. The minimum Gasteiger partial charge on any atom is -0.487 e. The third-order valence-corrected chi connectivity index (χ3v) is 3.99. The lowest BCUT2D eigenvalue weighted by Gasteiger charge is -2.12. The van der Waals surface area contributed by atoms with E-state index in [1.165, 1.54) is 12.1 Å². The fourth-order valence-electron chi connectivity index (χ4n) is 1.63. The first-order valence-corrected chi connectivity index (χ1v) is 7.49. The molecule has 2 nitrogen and oxygen atoms in total. The van der Waals surface area contributed by atoms with Crippen LogP contribution < -0.4 is 4.74 Å². The SMILES string of the molecule is O=Cc1cc(Br)cc(Br)c1OCc1c(F)cccc1Cl. The lowest BCUT2D eigenvalue weighted by atomic mass is 10.2. The van der Waals surface area contributed by atoms with Crippen LogP contribution in [0.25, 0.3) is 0 Å². The Morgan fingerprint density at radius 1 is 1.30 bits per heavy atom. The van der Waals surface area contributed by atoms with Crippen molar-refractivity contribution in [3.05, 3.63) is 61.2 Å². The van der Waals surface area contributed by atoms with Crippen LogP contribution in [0.2, 0.25) is 5.02 Å². The first kappa shape index (κ1) is 15.5. The first-order chi connectivity index (χ1) is 9.52. The van der Waals surface area contributed by atoms with Crippen molar-refractivity contribution in [1.82, 2.24) is 0 Å². The summed E-state index contributed by atoms with van der Waals surface area (Å²) in [5.41, 5.74) is 0.611. The lowest BCUT2D eigenvalue weighted by molar-refractivity contribution is 0.111. The van der Waals surface area contributed by atoms with Crippen LogP contribution in [0.15, 0.2) is 39.3 Å². The standard InChI is InChI=1S/C14H8Br2ClFO2/c15-9-4-8(6-19)14(11(16)5-9)20-7-10-12(17)2-1-3-13(10)18/h1-6H,7H2. The van der Waals surface area contributed by atoms with Gasteiger partial charge in [0.1, 0.15) is 18.2 Å². The molecule has 2 rings (SSSR count). The van der Waals surface area contributed by atoms with Crippen molar-refractivity contribution in [3.8, 4) is 5.75 Å². The molecular weight excluding hydrogens is 414 g/mol. The minimum absolute atomic E-state index is 0.0629. The van der Waals surface area contributed by atoms with Crippen LogP contribution in [0.5, 0.6) is 5.75 Å². The highest BCUT2D eigenvalue weighted by Gasteiger charge is 2.13. The Morgan fingerprint density at radius 3 is 2.70 bits per heavy atom. The van der Waals surface area contributed by atoms with Crippen molar-refractivity contribution < 1.29 is 13.9 Å². The Labute approximate surface area is 137 Å². The van der Waals surface area contributed by atoms with Gasteiger partial charge in [-0.1, -0.05) is 33.6 Å². The van der Waals surface area contributed by atoms with Gasteiger partial charge in [-0.05, 0) is 40.2 Å². The summed E-state index contributed by atoms with van der Waals surface area (Å²) >= 11 is 12.5. The third kappa shape index (κ3) is 3.40. The van der Waals surface area contributed by atoms with Crippen molar-refractivity contribution >= 4 is 49.7 Å². The molecule has 0 aliphatic carbocycles.